The molecule has 3 unspecified atom stereocenters. The second kappa shape index (κ2) is 11.3. The van der Waals surface area contributed by atoms with Crippen molar-refractivity contribution in [2.45, 2.75) is 88.9 Å². The van der Waals surface area contributed by atoms with Gasteiger partial charge in [-0.15, -0.1) is 0 Å². The van der Waals surface area contributed by atoms with Crippen molar-refractivity contribution in [2.24, 2.45) is 0 Å². The first-order chi connectivity index (χ1) is 17.7. The van der Waals surface area contributed by atoms with Gasteiger partial charge in [0.1, 0.15) is 12.1 Å². The molecule has 2 aromatic rings. The quantitative estimate of drug-likeness (QED) is 0.580. The first-order valence-electron chi connectivity index (χ1n) is 13.2. The minimum absolute atomic E-state index is 0.0598. The summed E-state index contributed by atoms with van der Waals surface area (Å²) < 4.78 is 0. The highest BCUT2D eigenvalue weighted by Gasteiger charge is 2.43. The number of nitriles is 1. The maximum atomic E-state index is 14.2. The lowest BCUT2D eigenvalue weighted by atomic mass is 9.87. The van der Waals surface area contributed by atoms with Gasteiger partial charge in [0.2, 0.25) is 5.91 Å². The Bertz CT molecular complexity index is 1120. The van der Waals surface area contributed by atoms with E-state index in [0.29, 0.717) is 11.3 Å². The number of amides is 2. The molecule has 196 valence electrons. The smallest absolute Gasteiger partial charge is 0.251 e. The van der Waals surface area contributed by atoms with Crippen molar-refractivity contribution in [1.82, 2.24) is 15.2 Å². The summed E-state index contributed by atoms with van der Waals surface area (Å²) in [4.78, 5) is 35.1. The van der Waals surface area contributed by atoms with Crippen molar-refractivity contribution in [3.05, 3.63) is 59.9 Å². The standard InChI is InChI=1S/C29H37N5O3/c1-29(2,3)21-11-13-23(14-12-21)34(28(37)25-16-24(35)18-33(25)19-30)26(20-8-7-15-31-17-20)27(36)32-22-9-5-4-6-10-22/h7-8,11-15,17,22,24-26,35H,4-6,9-10,16,18H2,1-3H3,(H,32,36). The zero-order chi connectivity index (χ0) is 26.6. The Morgan fingerprint density at radius 3 is 2.46 bits per heavy atom. The summed E-state index contributed by atoms with van der Waals surface area (Å²) in [6.07, 6.45) is 9.76. The number of likely N-dealkylation sites (tertiary alicyclic amines) is 1. The molecule has 1 saturated carbocycles. The summed E-state index contributed by atoms with van der Waals surface area (Å²) in [6, 6.07) is 9.45. The minimum atomic E-state index is -0.970. The fourth-order valence-corrected chi connectivity index (χ4v) is 5.33. The fraction of sp³-hybridized carbons (Fsp3) is 0.517. The van der Waals surface area contributed by atoms with Gasteiger partial charge in [0.15, 0.2) is 6.19 Å². The Hall–Kier alpha value is -3.44. The molecular formula is C29H37N5O3. The van der Waals surface area contributed by atoms with Gasteiger partial charge in [-0.1, -0.05) is 58.2 Å². The predicted octanol–water partition coefficient (Wildman–Crippen LogP) is 3.82. The van der Waals surface area contributed by atoms with Gasteiger partial charge in [-0.3, -0.25) is 24.4 Å². The van der Waals surface area contributed by atoms with Crippen molar-refractivity contribution in [3.63, 3.8) is 0 Å². The summed E-state index contributed by atoms with van der Waals surface area (Å²) in [5.74, 6) is -0.663. The monoisotopic (exact) mass is 503 g/mol. The van der Waals surface area contributed by atoms with E-state index < -0.39 is 24.1 Å². The Morgan fingerprint density at radius 2 is 1.86 bits per heavy atom. The van der Waals surface area contributed by atoms with Gasteiger partial charge in [-0.2, -0.15) is 5.26 Å². The summed E-state index contributed by atoms with van der Waals surface area (Å²) in [5, 5.41) is 23.1. The van der Waals surface area contributed by atoms with Crippen molar-refractivity contribution >= 4 is 17.5 Å². The average molecular weight is 504 g/mol. The SMILES string of the molecule is CC(C)(C)c1ccc(N(C(=O)C2CC(O)CN2C#N)C(C(=O)NC2CCCCC2)c2cccnc2)cc1. The third-order valence-electron chi connectivity index (χ3n) is 7.40. The zero-order valence-corrected chi connectivity index (χ0v) is 21.9. The highest BCUT2D eigenvalue weighted by atomic mass is 16.3. The van der Waals surface area contributed by atoms with E-state index in [1.807, 2.05) is 30.5 Å². The predicted molar refractivity (Wildman–Crippen MR) is 141 cm³/mol. The van der Waals surface area contributed by atoms with Gasteiger partial charge in [-0.25, -0.2) is 0 Å². The van der Waals surface area contributed by atoms with Crippen LogP contribution in [-0.2, 0) is 15.0 Å². The van der Waals surface area contributed by atoms with Crippen LogP contribution in [0.15, 0.2) is 48.8 Å². The molecule has 2 fully saturated rings. The Labute approximate surface area is 219 Å². The maximum absolute atomic E-state index is 14.2. The molecule has 1 saturated heterocycles. The molecular weight excluding hydrogens is 466 g/mol. The summed E-state index contributed by atoms with van der Waals surface area (Å²) in [7, 11) is 0. The van der Waals surface area contributed by atoms with Crippen LogP contribution in [0.1, 0.15) is 76.5 Å². The third-order valence-corrected chi connectivity index (χ3v) is 7.40. The van der Waals surface area contributed by atoms with Crippen LogP contribution in [0, 0.1) is 11.5 Å². The highest BCUT2D eigenvalue weighted by Crippen LogP contribution is 2.33. The second-order valence-electron chi connectivity index (χ2n) is 11.2. The number of β-amino-alcohol motifs (C(OH)–C–C–N with tert-alkyl or cyclic N) is 1. The van der Waals surface area contributed by atoms with Crippen LogP contribution in [0.4, 0.5) is 5.69 Å². The van der Waals surface area contributed by atoms with E-state index in [1.54, 1.807) is 24.5 Å². The number of pyridine rings is 1. The van der Waals surface area contributed by atoms with E-state index in [4.69, 9.17) is 0 Å². The Morgan fingerprint density at radius 1 is 1.16 bits per heavy atom. The van der Waals surface area contributed by atoms with Crippen LogP contribution in [0.25, 0.3) is 0 Å². The number of aliphatic hydroxyl groups excluding tert-OH is 1. The lowest BCUT2D eigenvalue weighted by Gasteiger charge is -2.35. The van der Waals surface area contributed by atoms with Crippen molar-refractivity contribution < 1.29 is 14.7 Å². The summed E-state index contributed by atoms with van der Waals surface area (Å²) in [6.45, 7) is 6.44. The molecule has 1 aliphatic carbocycles. The molecule has 8 nitrogen and oxygen atoms in total. The molecule has 3 atom stereocenters. The number of hydrogen-bond donors (Lipinski definition) is 2. The van der Waals surface area contributed by atoms with E-state index in [2.05, 4.69) is 31.1 Å². The number of hydrogen-bond acceptors (Lipinski definition) is 6. The molecule has 0 radical (unpaired) electrons. The minimum Gasteiger partial charge on any atom is -0.391 e. The van der Waals surface area contributed by atoms with Gasteiger partial charge in [0, 0.05) is 36.1 Å². The number of anilines is 1. The van der Waals surface area contributed by atoms with E-state index in [1.165, 1.54) is 9.80 Å². The van der Waals surface area contributed by atoms with Crippen LogP contribution in [0.2, 0.25) is 0 Å². The summed E-state index contributed by atoms with van der Waals surface area (Å²) in [5.41, 5.74) is 2.17. The highest BCUT2D eigenvalue weighted by molar-refractivity contribution is 6.04. The van der Waals surface area contributed by atoms with Crippen LogP contribution in [0.3, 0.4) is 0 Å². The van der Waals surface area contributed by atoms with Crippen LogP contribution >= 0.6 is 0 Å². The second-order valence-corrected chi connectivity index (χ2v) is 11.2. The Kier molecular flexibility index (Phi) is 8.13. The van der Waals surface area contributed by atoms with E-state index in [0.717, 1.165) is 37.7 Å². The van der Waals surface area contributed by atoms with Gasteiger partial charge < -0.3 is 10.4 Å². The molecule has 1 aromatic heterocycles. The first-order valence-corrected chi connectivity index (χ1v) is 13.2. The number of nitrogens with one attached hydrogen (secondary N) is 1. The molecule has 0 spiro atoms. The fourth-order valence-electron chi connectivity index (χ4n) is 5.33. The number of nitrogens with zero attached hydrogens (tertiary/aromatic N) is 4. The average Bonchev–Trinajstić information content (AvgIpc) is 3.28. The molecule has 2 N–H and O–H groups in total. The molecule has 1 aliphatic heterocycles. The Balaban J connectivity index is 1.78. The molecule has 37 heavy (non-hydrogen) atoms. The number of carbonyl (C=O) groups is 2. The van der Waals surface area contributed by atoms with Crippen molar-refractivity contribution in [3.8, 4) is 6.19 Å². The number of rotatable bonds is 6. The first kappa shape index (κ1) is 26.6. The van der Waals surface area contributed by atoms with Gasteiger partial charge in [0.05, 0.1) is 12.6 Å². The number of aliphatic hydroxyl groups is 1. The molecule has 4 rings (SSSR count). The van der Waals surface area contributed by atoms with Crippen LogP contribution in [-0.4, -0.2) is 51.5 Å². The molecule has 1 aromatic carbocycles. The van der Waals surface area contributed by atoms with Crippen LogP contribution in [0.5, 0.6) is 0 Å². The number of benzene rings is 1. The maximum Gasteiger partial charge on any atom is 0.251 e. The molecule has 2 amide bonds. The normalized spacial score (nSPS) is 21.2. The molecule has 2 heterocycles. The van der Waals surface area contributed by atoms with Crippen LogP contribution < -0.4 is 10.2 Å². The molecule has 8 heteroatoms. The molecule has 0 bridgehead atoms. The third kappa shape index (κ3) is 6.11. The van der Waals surface area contributed by atoms with Crippen molar-refractivity contribution in [1.29, 1.82) is 5.26 Å². The van der Waals surface area contributed by atoms with E-state index in [-0.39, 0.29) is 30.3 Å². The van der Waals surface area contributed by atoms with E-state index in [9.17, 15) is 20.0 Å². The zero-order valence-electron chi connectivity index (χ0n) is 21.9. The van der Waals surface area contributed by atoms with Crippen molar-refractivity contribution in [2.75, 3.05) is 11.4 Å². The van der Waals surface area contributed by atoms with Gasteiger partial charge >= 0.3 is 0 Å². The summed E-state index contributed by atoms with van der Waals surface area (Å²) >= 11 is 0. The topological polar surface area (TPSA) is 110 Å². The lowest BCUT2D eigenvalue weighted by Crippen LogP contribution is -2.51. The number of aromatic nitrogens is 1. The van der Waals surface area contributed by atoms with Gasteiger partial charge in [0.25, 0.3) is 5.91 Å². The molecule has 2 aliphatic rings. The lowest BCUT2D eigenvalue weighted by molar-refractivity contribution is -0.128. The number of carbonyl (C=O) groups excluding carboxylic acids is 2. The van der Waals surface area contributed by atoms with Gasteiger partial charge in [-0.05, 0) is 42.0 Å². The van der Waals surface area contributed by atoms with E-state index >= 15 is 0 Å². The largest absolute Gasteiger partial charge is 0.391 e.